The summed E-state index contributed by atoms with van der Waals surface area (Å²) in [5.41, 5.74) is 0.932. The molecule has 2 amide bonds. The fourth-order valence-electron chi connectivity index (χ4n) is 3.46. The Labute approximate surface area is 183 Å². The van der Waals surface area contributed by atoms with Crippen LogP contribution >= 0.6 is 11.6 Å². The lowest BCUT2D eigenvalue weighted by atomic mass is 10.1. The van der Waals surface area contributed by atoms with Crippen LogP contribution in [0.1, 0.15) is 20.8 Å². The van der Waals surface area contributed by atoms with Crippen molar-refractivity contribution in [1.82, 2.24) is 19.6 Å². The van der Waals surface area contributed by atoms with Crippen molar-refractivity contribution in [2.75, 3.05) is 33.3 Å². The second-order valence-corrected chi connectivity index (χ2v) is 7.47. The van der Waals surface area contributed by atoms with E-state index in [1.807, 2.05) is 30.3 Å². The van der Waals surface area contributed by atoms with Crippen molar-refractivity contribution in [3.8, 4) is 11.4 Å². The molecule has 7 nitrogen and oxygen atoms in total. The average molecular weight is 443 g/mol. The maximum Gasteiger partial charge on any atom is 0.278 e. The third kappa shape index (κ3) is 4.25. The molecular formula is C22H20ClFN4O3. The largest absolute Gasteiger partial charge is 0.493 e. The molecule has 160 valence electrons. The summed E-state index contributed by atoms with van der Waals surface area (Å²) in [6.07, 6.45) is 1.66. The molecule has 1 saturated heterocycles. The topological polar surface area (TPSA) is 67.7 Å². The van der Waals surface area contributed by atoms with Crippen molar-refractivity contribution in [3.63, 3.8) is 0 Å². The van der Waals surface area contributed by atoms with Crippen molar-refractivity contribution in [2.24, 2.45) is 0 Å². The minimum absolute atomic E-state index is 0.0736. The van der Waals surface area contributed by atoms with Crippen molar-refractivity contribution >= 4 is 23.4 Å². The van der Waals surface area contributed by atoms with Gasteiger partial charge in [0.2, 0.25) is 0 Å². The Morgan fingerprint density at radius 3 is 2.29 bits per heavy atom. The predicted molar refractivity (Wildman–Crippen MR) is 113 cm³/mol. The maximum atomic E-state index is 14.0. The molecule has 2 aromatic carbocycles. The van der Waals surface area contributed by atoms with Crippen molar-refractivity contribution < 1.29 is 18.7 Å². The molecule has 0 saturated carbocycles. The number of hydrogen-bond donors (Lipinski definition) is 0. The van der Waals surface area contributed by atoms with Crippen molar-refractivity contribution in [3.05, 3.63) is 76.8 Å². The third-order valence-corrected chi connectivity index (χ3v) is 5.37. The molecule has 0 bridgehead atoms. The lowest BCUT2D eigenvalue weighted by Gasteiger charge is -2.34. The van der Waals surface area contributed by atoms with E-state index in [4.69, 9.17) is 16.3 Å². The highest BCUT2D eigenvalue weighted by molar-refractivity contribution is 6.31. The van der Waals surface area contributed by atoms with Gasteiger partial charge in [-0.25, -0.2) is 9.07 Å². The monoisotopic (exact) mass is 442 g/mol. The summed E-state index contributed by atoms with van der Waals surface area (Å²) in [6.45, 7) is 1.15. The number of methoxy groups -OCH3 is 1. The molecule has 9 heteroatoms. The molecule has 1 fully saturated rings. The fourth-order valence-corrected chi connectivity index (χ4v) is 3.63. The van der Waals surface area contributed by atoms with E-state index in [0.717, 1.165) is 5.69 Å². The summed E-state index contributed by atoms with van der Waals surface area (Å²) in [6, 6.07) is 13.3. The first kappa shape index (κ1) is 20.9. The minimum atomic E-state index is -0.621. The Bertz CT molecular complexity index is 1110. The van der Waals surface area contributed by atoms with Gasteiger partial charge in [-0.15, -0.1) is 0 Å². The zero-order valence-electron chi connectivity index (χ0n) is 16.8. The van der Waals surface area contributed by atoms with Gasteiger partial charge in [0, 0.05) is 31.2 Å². The molecule has 31 heavy (non-hydrogen) atoms. The first-order valence-electron chi connectivity index (χ1n) is 9.70. The highest BCUT2D eigenvalue weighted by Crippen LogP contribution is 2.22. The Morgan fingerprint density at radius 2 is 1.65 bits per heavy atom. The van der Waals surface area contributed by atoms with Gasteiger partial charge in [0.1, 0.15) is 5.82 Å². The predicted octanol–water partition coefficient (Wildman–Crippen LogP) is 3.27. The van der Waals surface area contributed by atoms with E-state index < -0.39 is 11.7 Å². The van der Waals surface area contributed by atoms with Crippen LogP contribution in [0.2, 0.25) is 5.02 Å². The normalized spacial score (nSPS) is 13.9. The summed E-state index contributed by atoms with van der Waals surface area (Å²) in [5.74, 6) is -0.983. The number of carbonyl (C=O) groups is 2. The van der Waals surface area contributed by atoms with E-state index in [1.165, 1.54) is 30.2 Å². The van der Waals surface area contributed by atoms with Crippen molar-refractivity contribution in [1.29, 1.82) is 0 Å². The molecule has 4 rings (SSSR count). The van der Waals surface area contributed by atoms with E-state index in [1.54, 1.807) is 15.8 Å². The van der Waals surface area contributed by atoms with Crippen LogP contribution < -0.4 is 4.74 Å². The van der Waals surface area contributed by atoms with E-state index in [2.05, 4.69) is 5.10 Å². The summed E-state index contributed by atoms with van der Waals surface area (Å²) in [4.78, 5) is 28.8. The molecule has 1 aromatic heterocycles. The van der Waals surface area contributed by atoms with E-state index in [9.17, 15) is 14.0 Å². The van der Waals surface area contributed by atoms with Crippen LogP contribution in [0.4, 0.5) is 4.39 Å². The fraction of sp³-hybridized carbons (Fsp3) is 0.227. The summed E-state index contributed by atoms with van der Waals surface area (Å²) in [5, 5.41) is 4.70. The standard InChI is InChI=1S/C22H20ClFN4O3/c1-31-19-14-28(16-5-3-2-4-6-16)25-20(19)22(30)27-11-9-26(10-12-27)21(29)17-13-15(23)7-8-18(17)24/h2-8,13-14H,9-12H2,1H3. The molecule has 0 unspecified atom stereocenters. The van der Waals surface area contributed by atoms with Crippen LogP contribution in [-0.4, -0.2) is 64.7 Å². The van der Waals surface area contributed by atoms with Gasteiger partial charge in [-0.05, 0) is 30.3 Å². The number of para-hydroxylation sites is 1. The number of hydrogen-bond acceptors (Lipinski definition) is 4. The van der Waals surface area contributed by atoms with Crippen LogP contribution in [0.3, 0.4) is 0 Å². The zero-order valence-corrected chi connectivity index (χ0v) is 17.6. The number of amides is 2. The molecule has 0 aliphatic carbocycles. The SMILES string of the molecule is COc1cn(-c2ccccc2)nc1C(=O)N1CCN(C(=O)c2cc(Cl)ccc2F)CC1. The van der Waals surface area contributed by atoms with Crippen LogP contribution in [0.25, 0.3) is 5.69 Å². The Balaban J connectivity index is 1.47. The Hall–Kier alpha value is -3.39. The number of ether oxygens (including phenoxy) is 1. The Morgan fingerprint density at radius 1 is 1.00 bits per heavy atom. The maximum absolute atomic E-state index is 14.0. The summed E-state index contributed by atoms with van der Waals surface area (Å²) < 4.78 is 21.0. The second-order valence-electron chi connectivity index (χ2n) is 7.03. The highest BCUT2D eigenvalue weighted by atomic mass is 35.5. The number of carbonyl (C=O) groups excluding carboxylic acids is 2. The number of halogens is 2. The van der Waals surface area contributed by atoms with Gasteiger partial charge in [0.15, 0.2) is 11.4 Å². The van der Waals surface area contributed by atoms with Gasteiger partial charge in [-0.1, -0.05) is 29.8 Å². The quantitative estimate of drug-likeness (QED) is 0.622. The average Bonchev–Trinajstić information content (AvgIpc) is 3.25. The lowest BCUT2D eigenvalue weighted by Crippen LogP contribution is -2.50. The molecule has 1 aliphatic heterocycles. The number of benzene rings is 2. The van der Waals surface area contributed by atoms with Gasteiger partial charge in [0.25, 0.3) is 11.8 Å². The molecule has 0 spiro atoms. The molecule has 1 aliphatic rings. The second kappa shape index (κ2) is 8.77. The first-order chi connectivity index (χ1) is 15.0. The smallest absolute Gasteiger partial charge is 0.278 e. The van der Waals surface area contributed by atoms with Crippen LogP contribution in [0.5, 0.6) is 5.75 Å². The molecule has 2 heterocycles. The van der Waals surface area contributed by atoms with Gasteiger partial charge >= 0.3 is 0 Å². The van der Waals surface area contributed by atoms with E-state index >= 15 is 0 Å². The van der Waals surface area contributed by atoms with Gasteiger partial charge < -0.3 is 14.5 Å². The molecule has 0 radical (unpaired) electrons. The highest BCUT2D eigenvalue weighted by Gasteiger charge is 2.30. The van der Waals surface area contributed by atoms with Gasteiger partial charge in [-0.3, -0.25) is 9.59 Å². The Kier molecular flexibility index (Phi) is 5.90. The van der Waals surface area contributed by atoms with Crippen LogP contribution in [-0.2, 0) is 0 Å². The number of aromatic nitrogens is 2. The first-order valence-corrected chi connectivity index (χ1v) is 10.1. The molecule has 0 atom stereocenters. The van der Waals surface area contributed by atoms with Crippen LogP contribution in [0, 0.1) is 5.82 Å². The molecular weight excluding hydrogens is 423 g/mol. The third-order valence-electron chi connectivity index (χ3n) is 5.14. The zero-order chi connectivity index (χ0) is 22.0. The van der Waals surface area contributed by atoms with Crippen LogP contribution in [0.15, 0.2) is 54.7 Å². The van der Waals surface area contributed by atoms with Crippen molar-refractivity contribution in [2.45, 2.75) is 0 Å². The lowest BCUT2D eigenvalue weighted by molar-refractivity contribution is 0.0527. The van der Waals surface area contributed by atoms with Gasteiger partial charge in [-0.2, -0.15) is 5.10 Å². The van der Waals surface area contributed by atoms with Gasteiger partial charge in [0.05, 0.1) is 24.6 Å². The molecule has 3 aromatic rings. The molecule has 0 N–H and O–H groups in total. The number of piperazine rings is 1. The van der Waals surface area contributed by atoms with E-state index in [0.29, 0.717) is 23.9 Å². The summed E-state index contributed by atoms with van der Waals surface area (Å²) >= 11 is 5.90. The summed E-state index contributed by atoms with van der Waals surface area (Å²) in [7, 11) is 1.49. The minimum Gasteiger partial charge on any atom is -0.493 e. The van der Waals surface area contributed by atoms with E-state index in [-0.39, 0.29) is 30.3 Å². The number of nitrogens with zero attached hydrogens (tertiary/aromatic N) is 4. The number of rotatable bonds is 4.